The fourth-order valence-electron chi connectivity index (χ4n) is 7.59. The van der Waals surface area contributed by atoms with Crippen LogP contribution >= 0.6 is 15.6 Å². The Hall–Kier alpha value is -4.43. The minimum atomic E-state index is -5.15. The Morgan fingerprint density at radius 1 is 0.843 bits per heavy atom. The molecular formula is C42H58N10O14P2Si2. The van der Waals surface area contributed by atoms with Crippen LogP contribution in [0.25, 0.3) is 22.3 Å². The smallest absolute Gasteiger partial charge is 0.407 e. The number of rotatable bonds is 11. The molecule has 378 valence electrons. The molecule has 4 aromatic heterocycles. The molecule has 5 aromatic rings. The molecule has 1 amide bonds. The predicted octanol–water partition coefficient (Wildman–Crippen LogP) is 6.74. The minimum Gasteiger partial charge on any atom is -0.407 e. The maximum atomic E-state index is 15.2. The molecule has 3 N–H and O–H groups in total. The predicted molar refractivity (Wildman–Crippen MR) is 255 cm³/mol. The fraction of sp³-hybridized carbons (Fsp3) is 0.571. The van der Waals surface area contributed by atoms with Gasteiger partial charge in [0.15, 0.2) is 57.2 Å². The van der Waals surface area contributed by atoms with Crippen molar-refractivity contribution in [1.29, 1.82) is 5.26 Å². The summed E-state index contributed by atoms with van der Waals surface area (Å²) in [6.45, 7) is 18.2. The summed E-state index contributed by atoms with van der Waals surface area (Å²) >= 11 is 0. The lowest BCUT2D eigenvalue weighted by molar-refractivity contribution is -0.0684. The Morgan fingerprint density at radius 2 is 1.40 bits per heavy atom. The van der Waals surface area contributed by atoms with Gasteiger partial charge in [0.2, 0.25) is 0 Å². The number of fused-ring (bicyclic) bond motifs is 4. The molecule has 3 fully saturated rings. The number of carbonyl (C=O) groups is 1. The summed E-state index contributed by atoms with van der Waals surface area (Å²) in [7, 11) is -15.7. The van der Waals surface area contributed by atoms with Gasteiger partial charge in [0.1, 0.15) is 43.0 Å². The number of benzene rings is 1. The van der Waals surface area contributed by atoms with E-state index in [2.05, 4.69) is 35.2 Å². The third-order valence-electron chi connectivity index (χ3n) is 13.4. The number of aromatic nitrogens is 8. The summed E-state index contributed by atoms with van der Waals surface area (Å²) < 4.78 is 90.2. The van der Waals surface area contributed by atoms with Gasteiger partial charge in [-0.25, -0.2) is 34.0 Å². The number of H-pyrrole nitrogens is 1. The van der Waals surface area contributed by atoms with Crippen molar-refractivity contribution in [3.63, 3.8) is 0 Å². The van der Waals surface area contributed by atoms with Crippen molar-refractivity contribution in [3.05, 3.63) is 71.6 Å². The maximum Gasteiger partial charge on any atom is 0.475 e. The zero-order valence-electron chi connectivity index (χ0n) is 40.4. The van der Waals surface area contributed by atoms with E-state index in [1.807, 2.05) is 73.8 Å². The van der Waals surface area contributed by atoms with Crippen molar-refractivity contribution in [1.82, 2.24) is 39.0 Å². The summed E-state index contributed by atoms with van der Waals surface area (Å²) in [6, 6.07) is 10.5. The SMILES string of the molecule is CC(C)(C)[Si](C)(C)O[C@H]1C(n2cnc3c(NC(=O)c4ccccc4)ncnc32)OC2COP(=O)(OCCC#N)O[C@@H]3C(COP(=O)(O)O[C@H]21)OC(n1cnc2c(=O)[nH]cnc21)[C@@H]3O[Si](C)(C)C(C)(C)C. The lowest BCUT2D eigenvalue weighted by atomic mass is 10.1. The molecule has 3 aliphatic rings. The van der Waals surface area contributed by atoms with E-state index in [1.165, 1.54) is 34.4 Å². The Morgan fingerprint density at radius 3 is 1.99 bits per heavy atom. The van der Waals surface area contributed by atoms with E-state index in [4.69, 9.17) is 40.9 Å². The van der Waals surface area contributed by atoms with Crippen molar-refractivity contribution in [2.45, 2.75) is 133 Å². The van der Waals surface area contributed by atoms with E-state index in [1.54, 1.807) is 30.3 Å². The topological polar surface area (TPSA) is 298 Å². The Bertz CT molecular complexity index is 2920. The molecule has 0 aliphatic carbocycles. The number of nitriles is 1. The van der Waals surface area contributed by atoms with E-state index in [0.29, 0.717) is 5.56 Å². The number of phosphoric acid groups is 2. The Labute approximate surface area is 405 Å². The van der Waals surface area contributed by atoms with Crippen LogP contribution in [-0.2, 0) is 50.1 Å². The van der Waals surface area contributed by atoms with E-state index in [9.17, 15) is 24.3 Å². The van der Waals surface area contributed by atoms with E-state index >= 15 is 4.57 Å². The quantitative estimate of drug-likeness (QED) is 0.0700. The van der Waals surface area contributed by atoms with E-state index < -0.39 is 116 Å². The van der Waals surface area contributed by atoms with Crippen LogP contribution in [0.4, 0.5) is 5.82 Å². The van der Waals surface area contributed by atoms with Gasteiger partial charge < -0.3 is 33.5 Å². The number of carbonyl (C=O) groups excluding carboxylic acids is 1. The Balaban J connectivity index is 1.20. The summed E-state index contributed by atoms with van der Waals surface area (Å²) in [6.07, 6.45) is -5.47. The number of phosphoric ester groups is 2. The van der Waals surface area contributed by atoms with Crippen molar-refractivity contribution >= 4 is 66.3 Å². The van der Waals surface area contributed by atoms with Gasteiger partial charge in [-0.3, -0.25) is 41.3 Å². The fourth-order valence-corrected chi connectivity index (χ4v) is 12.5. The van der Waals surface area contributed by atoms with Crippen LogP contribution in [0.15, 0.2) is 60.4 Å². The lowest BCUT2D eigenvalue weighted by Gasteiger charge is -2.41. The highest BCUT2D eigenvalue weighted by Crippen LogP contribution is 2.58. The van der Waals surface area contributed by atoms with Crippen LogP contribution in [0, 0.1) is 11.3 Å². The number of nitrogens with one attached hydrogen (secondary N) is 2. The molecule has 10 atom stereocenters. The lowest BCUT2D eigenvalue weighted by Crippen LogP contribution is -2.50. The van der Waals surface area contributed by atoms with Crippen molar-refractivity contribution in [2.75, 3.05) is 25.1 Å². The third kappa shape index (κ3) is 10.6. The van der Waals surface area contributed by atoms with Crippen molar-refractivity contribution in [3.8, 4) is 6.07 Å². The monoisotopic (exact) mass is 1040 g/mol. The van der Waals surface area contributed by atoms with Crippen LogP contribution in [0.1, 0.15) is 70.8 Å². The van der Waals surface area contributed by atoms with Crippen molar-refractivity contribution < 1.29 is 59.8 Å². The molecule has 7 heterocycles. The summed E-state index contributed by atoms with van der Waals surface area (Å²) in [5.74, 6) is -0.343. The minimum absolute atomic E-state index is 0.00643. The number of hydrogen-bond acceptors (Lipinski definition) is 19. The van der Waals surface area contributed by atoms with Crippen LogP contribution in [0.3, 0.4) is 0 Å². The van der Waals surface area contributed by atoms with Gasteiger partial charge in [-0.05, 0) is 48.4 Å². The van der Waals surface area contributed by atoms with Gasteiger partial charge in [0.05, 0.1) is 51.3 Å². The highest BCUT2D eigenvalue weighted by Gasteiger charge is 2.58. The number of ether oxygens (including phenoxy) is 2. The van der Waals surface area contributed by atoms with E-state index in [-0.39, 0.29) is 41.2 Å². The van der Waals surface area contributed by atoms with Crippen LogP contribution in [0.5, 0.6) is 0 Å². The molecule has 3 saturated heterocycles. The second-order valence-corrected chi connectivity index (χ2v) is 32.7. The normalized spacial score (nSPS) is 29.2. The largest absolute Gasteiger partial charge is 0.475 e. The summed E-state index contributed by atoms with van der Waals surface area (Å²) in [4.78, 5) is 62.2. The number of hydrogen-bond donors (Lipinski definition) is 3. The second kappa shape index (κ2) is 19.5. The molecule has 8 rings (SSSR count). The molecule has 6 unspecified atom stereocenters. The summed E-state index contributed by atoms with van der Waals surface area (Å²) in [5, 5.41) is 11.5. The van der Waals surface area contributed by atoms with Gasteiger partial charge in [0.25, 0.3) is 11.5 Å². The number of amides is 1. The van der Waals surface area contributed by atoms with Crippen molar-refractivity contribution in [2.24, 2.45) is 0 Å². The average molecular weight is 1050 g/mol. The van der Waals surface area contributed by atoms with Gasteiger partial charge >= 0.3 is 15.6 Å². The molecule has 70 heavy (non-hydrogen) atoms. The highest BCUT2D eigenvalue weighted by molar-refractivity contribution is 7.48. The number of nitrogens with zero attached hydrogens (tertiary/aromatic N) is 8. The van der Waals surface area contributed by atoms with Crippen LogP contribution in [0.2, 0.25) is 36.3 Å². The molecule has 28 heteroatoms. The van der Waals surface area contributed by atoms with Crippen LogP contribution < -0.4 is 10.9 Å². The summed E-state index contributed by atoms with van der Waals surface area (Å²) in [5.41, 5.74) is 0.360. The third-order valence-corrected chi connectivity index (χ3v) is 24.8. The van der Waals surface area contributed by atoms with Gasteiger partial charge in [-0.2, -0.15) is 5.26 Å². The highest BCUT2D eigenvalue weighted by atomic mass is 31.2. The van der Waals surface area contributed by atoms with Gasteiger partial charge in [-0.15, -0.1) is 0 Å². The average Bonchev–Trinajstić information content (AvgIpc) is 4.06. The number of aromatic amines is 1. The van der Waals surface area contributed by atoms with E-state index in [0.717, 1.165) is 0 Å². The number of anilines is 1. The van der Waals surface area contributed by atoms with Gasteiger partial charge in [-0.1, -0.05) is 59.7 Å². The first-order valence-electron chi connectivity index (χ1n) is 22.5. The molecule has 24 nitrogen and oxygen atoms in total. The number of imidazole rings is 2. The first-order valence-corrected chi connectivity index (χ1v) is 31.3. The molecule has 0 saturated carbocycles. The molecular weight excluding hydrogens is 987 g/mol. The first-order chi connectivity index (χ1) is 32.8. The molecule has 1 aromatic carbocycles. The Kier molecular flexibility index (Phi) is 14.5. The zero-order chi connectivity index (χ0) is 50.6. The molecule has 0 bridgehead atoms. The first kappa shape index (κ1) is 51.9. The van der Waals surface area contributed by atoms with Gasteiger partial charge in [0, 0.05) is 5.56 Å². The standard InChI is InChI=1S/C42H58N10O14P2Si2/c1-41(2,3)69(7,8)65-32-30-27(62-39(32)51-23-48-28-34(44-21-45-35(28)51)50-37(53)25-15-12-11-13-16-25)20-60-68(57,58-18-14-17-43)64-31-26(19-59-67(55,56)63-30)61-40(33(31)66-70(9,10)42(4,5)6)52-24-49-29-36(52)46-22-47-38(29)54/h11-13,15-16,21-24,26-27,30-33,39-40H,14,18-20H2,1-10H3,(H,55,56)(H,46,47,54)(H,44,45,50,53)/t26?,27?,30-,31-,32-,33-,39?,40?,68?/m1/s1. The molecule has 0 spiro atoms. The van der Waals surface area contributed by atoms with Crippen LogP contribution in [-0.4, -0.2) is 123 Å². The zero-order valence-corrected chi connectivity index (χ0v) is 44.2. The maximum absolute atomic E-state index is 15.2. The molecule has 3 aliphatic heterocycles. The molecule has 0 radical (unpaired) electrons. The second-order valence-electron chi connectivity index (χ2n) is 20.1.